The molecule has 0 fully saturated rings. The lowest BCUT2D eigenvalue weighted by molar-refractivity contribution is 0.102. The van der Waals surface area contributed by atoms with Crippen LogP contribution >= 0.6 is 11.8 Å². The van der Waals surface area contributed by atoms with Crippen LogP contribution in [0.3, 0.4) is 0 Å². The summed E-state index contributed by atoms with van der Waals surface area (Å²) in [6.07, 6.45) is 1.99. The molecule has 3 aromatic carbocycles. The van der Waals surface area contributed by atoms with Crippen LogP contribution in [0.1, 0.15) is 49.2 Å². The van der Waals surface area contributed by atoms with E-state index in [0.717, 1.165) is 27.6 Å². The number of nitrogens with one attached hydrogen (secondary N) is 1. The van der Waals surface area contributed by atoms with Gasteiger partial charge in [-0.25, -0.2) is 0 Å². The predicted octanol–water partition coefficient (Wildman–Crippen LogP) is 6.94. The number of carbonyl (C=O) groups is 1. The van der Waals surface area contributed by atoms with E-state index in [9.17, 15) is 4.79 Å². The molecule has 0 aromatic heterocycles. The molecule has 3 rings (SSSR count). The normalized spacial score (nSPS) is 11.2. The van der Waals surface area contributed by atoms with Crippen LogP contribution in [0.25, 0.3) is 0 Å². The van der Waals surface area contributed by atoms with E-state index >= 15 is 0 Å². The topological polar surface area (TPSA) is 47.6 Å². The van der Waals surface area contributed by atoms with Crippen molar-refractivity contribution in [2.24, 2.45) is 0 Å². The minimum Gasteiger partial charge on any atom is -0.493 e. The molecule has 0 heterocycles. The van der Waals surface area contributed by atoms with Crippen LogP contribution in [-0.2, 0) is 12.0 Å². The number of benzene rings is 3. The lowest BCUT2D eigenvalue weighted by atomic mass is 9.87. The Morgan fingerprint density at radius 3 is 2.34 bits per heavy atom. The highest BCUT2D eigenvalue weighted by Crippen LogP contribution is 2.28. The number of amides is 1. The first kappa shape index (κ1) is 23.7. The van der Waals surface area contributed by atoms with Gasteiger partial charge in [-0.05, 0) is 66.6 Å². The Kier molecular flexibility index (Phi) is 7.86. The Bertz CT molecular complexity index is 1060. The summed E-state index contributed by atoms with van der Waals surface area (Å²) in [5, 5.41) is 3.01. The lowest BCUT2D eigenvalue weighted by Gasteiger charge is -2.19. The Morgan fingerprint density at radius 2 is 1.69 bits per heavy atom. The van der Waals surface area contributed by atoms with Gasteiger partial charge in [0.1, 0.15) is 18.1 Å². The van der Waals surface area contributed by atoms with Crippen molar-refractivity contribution in [2.45, 2.75) is 44.6 Å². The standard InChI is InChI=1S/C27H31NO3S/c1-6-30-24-16-11-19(26(29)28-23-9-7-8-10-25(23)32-5)17-20(24)18-31-22-14-12-21(13-15-22)27(2,3)4/h7-17H,6,18H2,1-5H3,(H,28,29). The summed E-state index contributed by atoms with van der Waals surface area (Å²) in [6.45, 7) is 9.35. The minimum atomic E-state index is -0.162. The maximum atomic E-state index is 12.9. The van der Waals surface area contributed by atoms with Crippen LogP contribution in [0.2, 0.25) is 0 Å². The van der Waals surface area contributed by atoms with Crippen molar-refractivity contribution in [3.63, 3.8) is 0 Å². The zero-order chi connectivity index (χ0) is 23.1. The van der Waals surface area contributed by atoms with Crippen LogP contribution in [0, 0.1) is 0 Å². The molecule has 0 bridgehead atoms. The first-order valence-electron chi connectivity index (χ1n) is 10.7. The van der Waals surface area contributed by atoms with Gasteiger partial charge in [-0.1, -0.05) is 45.0 Å². The molecule has 4 nitrogen and oxygen atoms in total. The smallest absolute Gasteiger partial charge is 0.255 e. The largest absolute Gasteiger partial charge is 0.493 e. The molecular weight excluding hydrogens is 418 g/mol. The van der Waals surface area contributed by atoms with Gasteiger partial charge in [0.2, 0.25) is 0 Å². The van der Waals surface area contributed by atoms with Crippen molar-refractivity contribution in [3.05, 3.63) is 83.4 Å². The van der Waals surface area contributed by atoms with Crippen molar-refractivity contribution >= 4 is 23.4 Å². The van der Waals surface area contributed by atoms with E-state index in [1.165, 1.54) is 5.56 Å². The van der Waals surface area contributed by atoms with Crippen LogP contribution in [-0.4, -0.2) is 18.8 Å². The molecule has 0 radical (unpaired) electrons. The Balaban J connectivity index is 1.77. The fraction of sp³-hybridized carbons (Fsp3) is 0.296. The van der Waals surface area contributed by atoms with E-state index in [2.05, 4.69) is 38.2 Å². The molecule has 0 saturated heterocycles. The Hall–Kier alpha value is -2.92. The summed E-state index contributed by atoms with van der Waals surface area (Å²) in [5.41, 5.74) is 3.54. The highest BCUT2D eigenvalue weighted by atomic mass is 32.2. The summed E-state index contributed by atoms with van der Waals surface area (Å²) in [7, 11) is 0. The van der Waals surface area contributed by atoms with Gasteiger partial charge in [-0.2, -0.15) is 0 Å². The number of rotatable bonds is 8. The molecule has 0 aliphatic rings. The SMILES string of the molecule is CCOc1ccc(C(=O)Nc2ccccc2SC)cc1COc1ccc(C(C)(C)C)cc1. The third-order valence-corrected chi connectivity index (χ3v) is 5.89. The number of ether oxygens (including phenoxy) is 2. The minimum absolute atomic E-state index is 0.0945. The molecular formula is C27H31NO3S. The monoisotopic (exact) mass is 449 g/mol. The third-order valence-electron chi connectivity index (χ3n) is 5.09. The van der Waals surface area contributed by atoms with E-state index in [1.807, 2.05) is 61.7 Å². The maximum Gasteiger partial charge on any atom is 0.255 e. The molecule has 0 atom stereocenters. The summed E-state index contributed by atoms with van der Waals surface area (Å²) in [4.78, 5) is 13.9. The van der Waals surface area contributed by atoms with E-state index in [0.29, 0.717) is 18.8 Å². The number of hydrogen-bond acceptors (Lipinski definition) is 4. The number of thioether (sulfide) groups is 1. The molecule has 0 unspecified atom stereocenters. The molecule has 0 spiro atoms. The van der Waals surface area contributed by atoms with Crippen molar-refractivity contribution in [1.82, 2.24) is 0 Å². The van der Waals surface area contributed by atoms with Gasteiger partial charge in [0.15, 0.2) is 0 Å². The van der Waals surface area contributed by atoms with Crippen molar-refractivity contribution in [3.8, 4) is 11.5 Å². The Labute approximate surface area is 195 Å². The summed E-state index contributed by atoms with van der Waals surface area (Å²) >= 11 is 1.60. The summed E-state index contributed by atoms with van der Waals surface area (Å²) in [6, 6.07) is 21.4. The van der Waals surface area contributed by atoms with E-state index in [-0.39, 0.29) is 11.3 Å². The highest BCUT2D eigenvalue weighted by Gasteiger charge is 2.15. The Morgan fingerprint density at radius 1 is 0.969 bits per heavy atom. The second-order valence-electron chi connectivity index (χ2n) is 8.47. The second-order valence-corrected chi connectivity index (χ2v) is 9.32. The van der Waals surface area contributed by atoms with Crippen LogP contribution in [0.5, 0.6) is 11.5 Å². The number of carbonyl (C=O) groups excluding carboxylic acids is 1. The third kappa shape index (κ3) is 6.07. The van der Waals surface area contributed by atoms with Gasteiger partial charge >= 0.3 is 0 Å². The second kappa shape index (κ2) is 10.6. The molecule has 0 saturated carbocycles. The number of para-hydroxylation sites is 1. The molecule has 0 aliphatic heterocycles. The molecule has 1 N–H and O–H groups in total. The fourth-order valence-electron chi connectivity index (χ4n) is 3.28. The van der Waals surface area contributed by atoms with Crippen molar-refractivity contribution < 1.29 is 14.3 Å². The summed E-state index contributed by atoms with van der Waals surface area (Å²) in [5.74, 6) is 1.34. The average Bonchev–Trinajstić information content (AvgIpc) is 2.78. The molecule has 5 heteroatoms. The van der Waals surface area contributed by atoms with Gasteiger partial charge in [0.05, 0.1) is 12.3 Å². The van der Waals surface area contributed by atoms with Gasteiger partial charge in [0, 0.05) is 16.0 Å². The number of hydrogen-bond donors (Lipinski definition) is 1. The fourth-order valence-corrected chi connectivity index (χ4v) is 3.84. The lowest BCUT2D eigenvalue weighted by Crippen LogP contribution is -2.13. The van der Waals surface area contributed by atoms with Crippen molar-refractivity contribution in [2.75, 3.05) is 18.2 Å². The van der Waals surface area contributed by atoms with Gasteiger partial charge in [-0.15, -0.1) is 11.8 Å². The quantitative estimate of drug-likeness (QED) is 0.379. The zero-order valence-electron chi connectivity index (χ0n) is 19.4. The van der Waals surface area contributed by atoms with E-state index in [1.54, 1.807) is 17.8 Å². The van der Waals surface area contributed by atoms with Crippen molar-refractivity contribution in [1.29, 1.82) is 0 Å². The molecule has 3 aromatic rings. The van der Waals surface area contributed by atoms with Gasteiger partial charge in [0.25, 0.3) is 5.91 Å². The molecule has 168 valence electrons. The van der Waals surface area contributed by atoms with Crippen LogP contribution in [0.4, 0.5) is 5.69 Å². The molecule has 1 amide bonds. The molecule has 32 heavy (non-hydrogen) atoms. The maximum absolute atomic E-state index is 12.9. The average molecular weight is 450 g/mol. The summed E-state index contributed by atoms with van der Waals surface area (Å²) < 4.78 is 11.8. The number of anilines is 1. The zero-order valence-corrected chi connectivity index (χ0v) is 20.2. The van der Waals surface area contributed by atoms with Gasteiger partial charge < -0.3 is 14.8 Å². The first-order chi connectivity index (χ1) is 15.3. The van der Waals surface area contributed by atoms with E-state index in [4.69, 9.17) is 9.47 Å². The van der Waals surface area contributed by atoms with E-state index < -0.39 is 0 Å². The first-order valence-corrected chi connectivity index (χ1v) is 12.0. The van der Waals surface area contributed by atoms with Crippen LogP contribution < -0.4 is 14.8 Å². The van der Waals surface area contributed by atoms with Gasteiger partial charge in [-0.3, -0.25) is 4.79 Å². The molecule has 0 aliphatic carbocycles. The highest BCUT2D eigenvalue weighted by molar-refractivity contribution is 7.98. The van der Waals surface area contributed by atoms with Crippen LogP contribution in [0.15, 0.2) is 71.6 Å². The predicted molar refractivity (Wildman–Crippen MR) is 133 cm³/mol.